The smallest absolute Gasteiger partial charge is 0.317 e. The number of aromatic amines is 1. The number of hydrogen-bond acceptors (Lipinski definition) is 3. The minimum absolute atomic E-state index is 0.0761. The van der Waals surface area contributed by atoms with Crippen LogP contribution in [0.4, 0.5) is 4.79 Å². The molecule has 2 aromatic heterocycles. The molecule has 4 heterocycles. The van der Waals surface area contributed by atoms with Crippen LogP contribution in [0.15, 0.2) is 24.5 Å². The molecule has 2 aliphatic rings. The summed E-state index contributed by atoms with van der Waals surface area (Å²) >= 11 is 0. The molecule has 2 aromatic rings. The summed E-state index contributed by atoms with van der Waals surface area (Å²) < 4.78 is 0. The highest BCUT2D eigenvalue weighted by Crippen LogP contribution is 2.26. The van der Waals surface area contributed by atoms with Crippen molar-refractivity contribution in [3.8, 4) is 0 Å². The van der Waals surface area contributed by atoms with Crippen LogP contribution in [0, 0.1) is 0 Å². The van der Waals surface area contributed by atoms with Crippen molar-refractivity contribution in [2.45, 2.75) is 44.7 Å². The fourth-order valence-corrected chi connectivity index (χ4v) is 4.40. The zero-order valence-electron chi connectivity index (χ0n) is 14.9. The number of hydrogen-bond donors (Lipinski definition) is 2. The Bertz CT molecular complexity index is 736. The van der Waals surface area contributed by atoms with Crippen molar-refractivity contribution in [3.63, 3.8) is 0 Å². The van der Waals surface area contributed by atoms with E-state index in [1.165, 1.54) is 31.5 Å². The summed E-state index contributed by atoms with van der Waals surface area (Å²) in [6.45, 7) is 6.10. The summed E-state index contributed by atoms with van der Waals surface area (Å²) in [5.74, 6) is 0. The van der Waals surface area contributed by atoms with Gasteiger partial charge in [0.25, 0.3) is 0 Å². The van der Waals surface area contributed by atoms with Gasteiger partial charge >= 0.3 is 6.03 Å². The average Bonchev–Trinajstić information content (AvgIpc) is 3.34. The van der Waals surface area contributed by atoms with Gasteiger partial charge in [-0.1, -0.05) is 0 Å². The minimum Gasteiger partial charge on any atom is -0.346 e. The highest BCUT2D eigenvalue weighted by atomic mass is 16.2. The number of rotatable bonds is 4. The SMILES string of the molecule is CC1C(N2CCCC2)CCN1C(=O)NCCc1c[nH]c2ncccc12. The third-order valence-electron chi connectivity index (χ3n) is 5.79. The summed E-state index contributed by atoms with van der Waals surface area (Å²) in [4.78, 5) is 24.7. The number of likely N-dealkylation sites (tertiary alicyclic amines) is 2. The molecule has 0 aromatic carbocycles. The van der Waals surface area contributed by atoms with Gasteiger partial charge in [0.2, 0.25) is 0 Å². The second kappa shape index (κ2) is 7.04. The molecule has 0 aliphatic carbocycles. The summed E-state index contributed by atoms with van der Waals surface area (Å²) in [6.07, 6.45) is 8.29. The molecule has 0 saturated carbocycles. The van der Waals surface area contributed by atoms with E-state index in [4.69, 9.17) is 0 Å². The molecule has 2 aliphatic heterocycles. The Hall–Kier alpha value is -2.08. The van der Waals surface area contributed by atoms with E-state index >= 15 is 0 Å². The van der Waals surface area contributed by atoms with E-state index in [1.54, 1.807) is 6.20 Å². The average molecular weight is 341 g/mol. The molecule has 6 nitrogen and oxygen atoms in total. The lowest BCUT2D eigenvalue weighted by atomic mass is 10.1. The predicted molar refractivity (Wildman–Crippen MR) is 98.6 cm³/mol. The van der Waals surface area contributed by atoms with Crippen molar-refractivity contribution in [2.24, 2.45) is 0 Å². The number of fused-ring (bicyclic) bond motifs is 1. The van der Waals surface area contributed by atoms with Crippen LogP contribution >= 0.6 is 0 Å². The Morgan fingerprint density at radius 2 is 2.20 bits per heavy atom. The number of amides is 2. The van der Waals surface area contributed by atoms with Crippen molar-refractivity contribution in [1.29, 1.82) is 0 Å². The number of nitrogens with one attached hydrogen (secondary N) is 2. The van der Waals surface area contributed by atoms with Crippen molar-refractivity contribution in [1.82, 2.24) is 25.1 Å². The number of H-pyrrole nitrogens is 1. The zero-order valence-corrected chi connectivity index (χ0v) is 14.9. The monoisotopic (exact) mass is 341 g/mol. The molecule has 2 N–H and O–H groups in total. The number of carbonyl (C=O) groups is 1. The van der Waals surface area contributed by atoms with E-state index in [0.29, 0.717) is 18.6 Å². The molecular formula is C19H27N5O. The van der Waals surface area contributed by atoms with E-state index in [-0.39, 0.29) is 6.03 Å². The van der Waals surface area contributed by atoms with Crippen LogP contribution in [0.25, 0.3) is 11.0 Å². The normalized spacial score (nSPS) is 24.3. The maximum absolute atomic E-state index is 12.6. The molecule has 25 heavy (non-hydrogen) atoms. The number of pyridine rings is 1. The molecule has 2 atom stereocenters. The lowest BCUT2D eigenvalue weighted by Crippen LogP contribution is -2.47. The molecule has 0 radical (unpaired) electrons. The minimum atomic E-state index is 0.0761. The highest BCUT2D eigenvalue weighted by Gasteiger charge is 2.37. The quantitative estimate of drug-likeness (QED) is 0.897. The molecule has 0 spiro atoms. The standard InChI is InChI=1S/C19H27N5O/c1-14-17(23-10-2-3-11-23)7-12-24(14)19(25)21-9-6-15-13-22-18-16(15)5-4-8-20-18/h4-5,8,13-14,17H,2-3,6-7,9-12H2,1H3,(H,20,22)(H,21,25). The maximum Gasteiger partial charge on any atom is 0.317 e. The lowest BCUT2D eigenvalue weighted by molar-refractivity contribution is 0.168. The summed E-state index contributed by atoms with van der Waals surface area (Å²) in [5.41, 5.74) is 2.11. The van der Waals surface area contributed by atoms with Gasteiger partial charge in [-0.25, -0.2) is 9.78 Å². The molecule has 2 fully saturated rings. The van der Waals surface area contributed by atoms with Gasteiger partial charge in [0.05, 0.1) is 0 Å². The zero-order chi connectivity index (χ0) is 17.2. The highest BCUT2D eigenvalue weighted by molar-refractivity contribution is 5.79. The topological polar surface area (TPSA) is 64.3 Å². The first-order valence-corrected chi connectivity index (χ1v) is 9.43. The Labute approximate surface area is 148 Å². The fourth-order valence-electron chi connectivity index (χ4n) is 4.40. The van der Waals surface area contributed by atoms with E-state index in [1.807, 2.05) is 17.2 Å². The van der Waals surface area contributed by atoms with Crippen molar-refractivity contribution in [2.75, 3.05) is 26.2 Å². The first-order chi connectivity index (χ1) is 12.2. The Morgan fingerprint density at radius 1 is 1.36 bits per heavy atom. The molecule has 6 heteroatoms. The van der Waals surface area contributed by atoms with Crippen LogP contribution < -0.4 is 5.32 Å². The van der Waals surface area contributed by atoms with Gasteiger partial charge in [0, 0.05) is 43.0 Å². The largest absolute Gasteiger partial charge is 0.346 e. The first-order valence-electron chi connectivity index (χ1n) is 9.43. The van der Waals surface area contributed by atoms with E-state index in [0.717, 1.165) is 30.4 Å². The van der Waals surface area contributed by atoms with Crippen LogP contribution in [0.5, 0.6) is 0 Å². The van der Waals surface area contributed by atoms with Gasteiger partial charge in [-0.15, -0.1) is 0 Å². The fraction of sp³-hybridized carbons (Fsp3) is 0.579. The third kappa shape index (κ3) is 3.23. The van der Waals surface area contributed by atoms with E-state index in [2.05, 4.69) is 33.2 Å². The van der Waals surface area contributed by atoms with Gasteiger partial charge in [-0.3, -0.25) is 4.90 Å². The second-order valence-corrected chi connectivity index (χ2v) is 7.23. The Morgan fingerprint density at radius 3 is 3.04 bits per heavy atom. The maximum atomic E-state index is 12.6. The van der Waals surface area contributed by atoms with Crippen LogP contribution in [0.1, 0.15) is 31.7 Å². The second-order valence-electron chi connectivity index (χ2n) is 7.23. The molecule has 4 rings (SSSR count). The number of aromatic nitrogens is 2. The van der Waals surface area contributed by atoms with E-state index in [9.17, 15) is 4.79 Å². The van der Waals surface area contributed by atoms with Gasteiger partial charge < -0.3 is 15.2 Å². The van der Waals surface area contributed by atoms with Crippen LogP contribution in [-0.2, 0) is 6.42 Å². The number of nitrogens with zero attached hydrogens (tertiary/aromatic N) is 3. The van der Waals surface area contributed by atoms with Gasteiger partial charge in [0.1, 0.15) is 5.65 Å². The first kappa shape index (κ1) is 16.4. The molecule has 2 unspecified atom stereocenters. The number of urea groups is 1. The molecule has 0 bridgehead atoms. The van der Waals surface area contributed by atoms with Crippen LogP contribution in [-0.4, -0.2) is 64.1 Å². The summed E-state index contributed by atoms with van der Waals surface area (Å²) in [7, 11) is 0. The molecule has 2 amide bonds. The van der Waals surface area contributed by atoms with Gasteiger partial charge in [-0.05, 0) is 63.4 Å². The Balaban J connectivity index is 1.30. The van der Waals surface area contributed by atoms with Gasteiger partial charge in [0.15, 0.2) is 0 Å². The summed E-state index contributed by atoms with van der Waals surface area (Å²) in [5, 5.41) is 4.24. The van der Waals surface area contributed by atoms with Crippen molar-refractivity contribution < 1.29 is 4.79 Å². The van der Waals surface area contributed by atoms with Crippen molar-refractivity contribution in [3.05, 3.63) is 30.1 Å². The molecular weight excluding hydrogens is 314 g/mol. The number of carbonyl (C=O) groups excluding carboxylic acids is 1. The Kier molecular flexibility index (Phi) is 4.61. The lowest BCUT2D eigenvalue weighted by Gasteiger charge is -2.30. The van der Waals surface area contributed by atoms with Crippen molar-refractivity contribution >= 4 is 17.1 Å². The van der Waals surface area contributed by atoms with Gasteiger partial charge in [-0.2, -0.15) is 0 Å². The van der Waals surface area contributed by atoms with E-state index < -0.39 is 0 Å². The molecule has 2 saturated heterocycles. The molecule has 134 valence electrons. The predicted octanol–water partition coefficient (Wildman–Crippen LogP) is 2.37. The third-order valence-corrected chi connectivity index (χ3v) is 5.79. The van der Waals surface area contributed by atoms with Crippen LogP contribution in [0.2, 0.25) is 0 Å². The van der Waals surface area contributed by atoms with Crippen LogP contribution in [0.3, 0.4) is 0 Å². The summed E-state index contributed by atoms with van der Waals surface area (Å²) in [6, 6.07) is 4.93.